The zero-order valence-corrected chi connectivity index (χ0v) is 23.2. The van der Waals surface area contributed by atoms with Gasteiger partial charge in [-0.25, -0.2) is 4.79 Å². The van der Waals surface area contributed by atoms with Crippen molar-refractivity contribution in [1.82, 2.24) is 15.5 Å². The number of nitrogens with zero attached hydrogens (tertiary/aromatic N) is 1. The van der Waals surface area contributed by atoms with E-state index in [0.717, 1.165) is 48.8 Å². The molecule has 3 atom stereocenters. The van der Waals surface area contributed by atoms with E-state index in [4.69, 9.17) is 4.74 Å². The van der Waals surface area contributed by atoms with Gasteiger partial charge in [0, 0.05) is 17.8 Å². The minimum absolute atomic E-state index is 0.0142. The molecule has 0 aliphatic heterocycles. The first-order chi connectivity index (χ1) is 16.4. The number of hydrogen-bond acceptors (Lipinski definition) is 5. The van der Waals surface area contributed by atoms with Crippen LogP contribution >= 0.6 is 12.6 Å². The number of benzene rings is 1. The number of carbonyl (C=O) groups is 3. The van der Waals surface area contributed by atoms with Crippen molar-refractivity contribution in [1.29, 1.82) is 0 Å². The monoisotopic (exact) mass is 505 g/mol. The molecule has 1 aliphatic carbocycles. The maximum absolute atomic E-state index is 13.9. The van der Waals surface area contributed by atoms with Gasteiger partial charge in [0.05, 0.1) is 0 Å². The van der Waals surface area contributed by atoms with Crippen LogP contribution in [0.3, 0.4) is 0 Å². The lowest BCUT2D eigenvalue weighted by atomic mass is 9.87. The van der Waals surface area contributed by atoms with Gasteiger partial charge in [-0.15, -0.1) is 0 Å². The average molecular weight is 506 g/mol. The van der Waals surface area contributed by atoms with Crippen molar-refractivity contribution < 1.29 is 19.1 Å². The lowest BCUT2D eigenvalue weighted by Gasteiger charge is -2.44. The summed E-state index contributed by atoms with van der Waals surface area (Å²) in [5.74, 6) is -0.429. The highest BCUT2D eigenvalue weighted by Crippen LogP contribution is 2.35. The van der Waals surface area contributed by atoms with Crippen molar-refractivity contribution in [2.24, 2.45) is 0 Å². The number of nitrogens with one attached hydrogen (secondary N) is 2. The van der Waals surface area contributed by atoms with Crippen molar-refractivity contribution in [2.45, 2.75) is 110 Å². The van der Waals surface area contributed by atoms with E-state index in [2.05, 4.69) is 30.2 Å². The van der Waals surface area contributed by atoms with Gasteiger partial charge in [0.2, 0.25) is 11.8 Å². The number of aryl methyl sites for hydroxylation is 2. The SMILES string of the molecule is CCCC(C)NC(=O)C(c1ccc(C)cc1C)N(C(=O)C(CS)NC(=O)OC(C)(C)C)C1CCC1. The van der Waals surface area contributed by atoms with Crippen molar-refractivity contribution in [3.05, 3.63) is 34.9 Å². The van der Waals surface area contributed by atoms with E-state index in [9.17, 15) is 14.4 Å². The molecule has 2 N–H and O–H groups in total. The van der Waals surface area contributed by atoms with Gasteiger partial charge in [-0.3, -0.25) is 9.59 Å². The largest absolute Gasteiger partial charge is 0.444 e. The fraction of sp³-hybridized carbons (Fsp3) is 0.667. The molecule has 8 heteroatoms. The van der Waals surface area contributed by atoms with Gasteiger partial charge < -0.3 is 20.3 Å². The molecule has 1 fully saturated rings. The van der Waals surface area contributed by atoms with Gasteiger partial charge in [0.1, 0.15) is 17.7 Å². The second-order valence-electron chi connectivity index (χ2n) is 10.7. The van der Waals surface area contributed by atoms with Crippen LogP contribution in [0.25, 0.3) is 0 Å². The van der Waals surface area contributed by atoms with E-state index in [1.165, 1.54) is 0 Å². The minimum Gasteiger partial charge on any atom is -0.444 e. The van der Waals surface area contributed by atoms with Crippen LogP contribution in [0.1, 0.15) is 89.5 Å². The molecule has 0 bridgehead atoms. The molecule has 0 heterocycles. The number of carbonyl (C=O) groups excluding carboxylic acids is 3. The fourth-order valence-corrected chi connectivity index (χ4v) is 4.62. The Kier molecular flexibility index (Phi) is 10.5. The standard InChI is InChI=1S/C27H43N3O4S/c1-8-10-19(4)28-24(31)23(21-14-13-17(2)15-18(21)3)30(20-11-9-12-20)25(32)22(16-35)29-26(33)34-27(5,6)7/h13-15,19-20,22-23,35H,8-12,16H2,1-7H3,(H,28,31)(H,29,33). The molecule has 1 aliphatic rings. The molecule has 3 amide bonds. The summed E-state index contributed by atoms with van der Waals surface area (Å²) >= 11 is 4.36. The number of ether oxygens (including phenoxy) is 1. The molecule has 2 rings (SSSR count). The van der Waals surface area contributed by atoms with Crippen LogP contribution in [0.4, 0.5) is 4.79 Å². The van der Waals surface area contributed by atoms with E-state index in [0.29, 0.717) is 0 Å². The molecular formula is C27H43N3O4S. The first-order valence-corrected chi connectivity index (χ1v) is 13.3. The Bertz CT molecular complexity index is 895. The molecule has 0 saturated heterocycles. The minimum atomic E-state index is -0.914. The molecule has 0 aromatic heterocycles. The summed E-state index contributed by atoms with van der Waals surface area (Å²) in [6.45, 7) is 13.3. The highest BCUT2D eigenvalue weighted by atomic mass is 32.1. The highest BCUT2D eigenvalue weighted by molar-refractivity contribution is 7.80. The van der Waals surface area contributed by atoms with Gasteiger partial charge >= 0.3 is 6.09 Å². The molecule has 1 aromatic carbocycles. The molecule has 1 saturated carbocycles. The quantitative estimate of drug-likeness (QED) is 0.397. The van der Waals surface area contributed by atoms with Crippen LogP contribution in [-0.4, -0.2) is 52.3 Å². The smallest absolute Gasteiger partial charge is 0.408 e. The predicted molar refractivity (Wildman–Crippen MR) is 143 cm³/mol. The summed E-state index contributed by atoms with van der Waals surface area (Å²) in [5, 5.41) is 5.80. The van der Waals surface area contributed by atoms with Crippen LogP contribution in [0.5, 0.6) is 0 Å². The Morgan fingerprint density at radius 2 is 1.83 bits per heavy atom. The van der Waals surface area contributed by atoms with Crippen LogP contribution < -0.4 is 10.6 Å². The second-order valence-corrected chi connectivity index (χ2v) is 11.0. The third-order valence-electron chi connectivity index (χ3n) is 6.25. The normalized spacial score (nSPS) is 16.5. The maximum Gasteiger partial charge on any atom is 0.408 e. The number of rotatable bonds is 10. The van der Waals surface area contributed by atoms with E-state index in [1.807, 2.05) is 39.0 Å². The van der Waals surface area contributed by atoms with Crippen LogP contribution in [0, 0.1) is 13.8 Å². The Morgan fingerprint density at radius 3 is 2.31 bits per heavy atom. The maximum atomic E-state index is 13.9. The summed E-state index contributed by atoms with van der Waals surface area (Å²) in [7, 11) is 0. The number of alkyl carbamates (subject to hydrolysis) is 1. The summed E-state index contributed by atoms with van der Waals surface area (Å²) < 4.78 is 5.37. The zero-order valence-electron chi connectivity index (χ0n) is 22.3. The Hall–Kier alpha value is -2.22. The Labute approximate surface area is 216 Å². The Morgan fingerprint density at radius 1 is 1.17 bits per heavy atom. The van der Waals surface area contributed by atoms with Gasteiger partial charge in [0.15, 0.2) is 0 Å². The third-order valence-corrected chi connectivity index (χ3v) is 6.62. The third kappa shape index (κ3) is 8.16. The van der Waals surface area contributed by atoms with Crippen LogP contribution in [0.15, 0.2) is 18.2 Å². The fourth-order valence-electron chi connectivity index (χ4n) is 4.37. The van der Waals surface area contributed by atoms with E-state index < -0.39 is 23.8 Å². The summed E-state index contributed by atoms with van der Waals surface area (Å²) in [5.41, 5.74) is 2.14. The lowest BCUT2D eigenvalue weighted by Crippen LogP contribution is -2.58. The van der Waals surface area contributed by atoms with Crippen LogP contribution in [-0.2, 0) is 14.3 Å². The molecular weight excluding hydrogens is 462 g/mol. The average Bonchev–Trinajstić information content (AvgIpc) is 2.69. The topological polar surface area (TPSA) is 87.7 Å². The summed E-state index contributed by atoms with van der Waals surface area (Å²) in [6, 6.07) is 4.14. The van der Waals surface area contributed by atoms with Gasteiger partial charge in [0.25, 0.3) is 0 Å². The molecule has 1 aromatic rings. The molecule has 196 valence electrons. The summed E-state index contributed by atoms with van der Waals surface area (Å²) in [6.07, 6.45) is 3.74. The molecule has 0 radical (unpaired) electrons. The lowest BCUT2D eigenvalue weighted by molar-refractivity contribution is -0.147. The van der Waals surface area contributed by atoms with E-state index in [1.54, 1.807) is 25.7 Å². The number of amides is 3. The molecule has 3 unspecified atom stereocenters. The van der Waals surface area contributed by atoms with Gasteiger partial charge in [-0.05, 0) is 78.4 Å². The molecule has 7 nitrogen and oxygen atoms in total. The van der Waals surface area contributed by atoms with E-state index in [-0.39, 0.29) is 29.7 Å². The van der Waals surface area contributed by atoms with Crippen molar-refractivity contribution in [3.8, 4) is 0 Å². The second kappa shape index (κ2) is 12.7. The van der Waals surface area contributed by atoms with Gasteiger partial charge in [-0.1, -0.05) is 37.1 Å². The molecule has 0 spiro atoms. The first kappa shape index (κ1) is 29.0. The van der Waals surface area contributed by atoms with Crippen molar-refractivity contribution in [3.63, 3.8) is 0 Å². The summed E-state index contributed by atoms with van der Waals surface area (Å²) in [4.78, 5) is 41.8. The van der Waals surface area contributed by atoms with Crippen LogP contribution in [0.2, 0.25) is 0 Å². The van der Waals surface area contributed by atoms with E-state index >= 15 is 0 Å². The zero-order chi connectivity index (χ0) is 26.3. The molecule has 35 heavy (non-hydrogen) atoms. The van der Waals surface area contributed by atoms with Crippen molar-refractivity contribution >= 4 is 30.5 Å². The van der Waals surface area contributed by atoms with Crippen molar-refractivity contribution in [2.75, 3.05) is 5.75 Å². The number of thiol groups is 1. The Balaban J connectivity index is 2.46. The van der Waals surface area contributed by atoms with Gasteiger partial charge in [-0.2, -0.15) is 12.6 Å². The number of hydrogen-bond donors (Lipinski definition) is 3. The predicted octanol–water partition coefficient (Wildman–Crippen LogP) is 4.85. The highest BCUT2D eigenvalue weighted by Gasteiger charge is 2.42. The first-order valence-electron chi connectivity index (χ1n) is 12.7.